The lowest BCUT2D eigenvalue weighted by Gasteiger charge is -2.03. The van der Waals surface area contributed by atoms with E-state index in [1.165, 1.54) is 13.1 Å². The second-order valence-corrected chi connectivity index (χ2v) is 6.72. The third-order valence-corrected chi connectivity index (χ3v) is 4.36. The summed E-state index contributed by atoms with van der Waals surface area (Å²) in [5, 5.41) is 9.46. The highest BCUT2D eigenvalue weighted by Gasteiger charge is 2.12. The summed E-state index contributed by atoms with van der Waals surface area (Å²) in [7, 11) is 1.37. The molecule has 2 N–H and O–H groups in total. The first-order valence-electron chi connectivity index (χ1n) is 9.23. The van der Waals surface area contributed by atoms with Crippen molar-refractivity contribution in [2.24, 2.45) is 0 Å². The third-order valence-electron chi connectivity index (χ3n) is 4.11. The average Bonchev–Trinajstić information content (AvgIpc) is 3.21. The van der Waals surface area contributed by atoms with Crippen LogP contribution in [-0.4, -0.2) is 41.3 Å². The predicted molar refractivity (Wildman–Crippen MR) is 117 cm³/mol. The van der Waals surface area contributed by atoms with Crippen molar-refractivity contribution in [1.82, 2.24) is 20.4 Å². The van der Waals surface area contributed by atoms with E-state index in [1.807, 2.05) is 47.8 Å². The van der Waals surface area contributed by atoms with E-state index >= 15 is 0 Å². The number of esters is 1. The first-order valence-corrected chi connectivity index (χ1v) is 9.61. The second kappa shape index (κ2) is 10.2. The zero-order valence-corrected chi connectivity index (χ0v) is 17.3. The number of imide groups is 1. The Kier molecular flexibility index (Phi) is 7.18. The molecule has 0 bridgehead atoms. The van der Waals surface area contributed by atoms with Gasteiger partial charge < -0.3 is 10.1 Å². The van der Waals surface area contributed by atoms with Crippen LogP contribution >= 0.6 is 11.6 Å². The normalized spacial score (nSPS) is 10.6. The molecule has 0 unspecified atom stereocenters. The number of aromatic nitrogens is 2. The number of amides is 3. The largest absolute Gasteiger partial charge is 0.452 e. The molecule has 1 aromatic heterocycles. The fraction of sp³-hybridized carbons (Fsp3) is 0.0909. The Morgan fingerprint density at radius 2 is 1.81 bits per heavy atom. The highest BCUT2D eigenvalue weighted by atomic mass is 35.5. The number of urea groups is 1. The molecular weight excluding hydrogens is 420 g/mol. The summed E-state index contributed by atoms with van der Waals surface area (Å²) in [6.07, 6.45) is 4.52. The second-order valence-electron chi connectivity index (χ2n) is 6.29. The molecule has 9 heteroatoms. The van der Waals surface area contributed by atoms with E-state index in [-0.39, 0.29) is 0 Å². The molecule has 0 radical (unpaired) electrons. The Balaban J connectivity index is 1.79. The number of hydrogen-bond acceptors (Lipinski definition) is 5. The Morgan fingerprint density at radius 1 is 1.10 bits per heavy atom. The molecule has 8 nitrogen and oxygen atoms in total. The summed E-state index contributed by atoms with van der Waals surface area (Å²) in [5.41, 5.74) is 2.97. The minimum atomic E-state index is -0.736. The molecule has 31 heavy (non-hydrogen) atoms. The van der Waals surface area contributed by atoms with E-state index in [9.17, 15) is 14.4 Å². The molecule has 0 aliphatic carbocycles. The van der Waals surface area contributed by atoms with Crippen molar-refractivity contribution in [3.05, 3.63) is 77.5 Å². The highest BCUT2D eigenvalue weighted by molar-refractivity contribution is 6.30. The molecule has 0 saturated heterocycles. The summed E-state index contributed by atoms with van der Waals surface area (Å²) in [4.78, 5) is 34.6. The summed E-state index contributed by atoms with van der Waals surface area (Å²) >= 11 is 5.99. The quantitative estimate of drug-likeness (QED) is 0.454. The molecule has 0 saturated carbocycles. The number of para-hydroxylation sites is 1. The van der Waals surface area contributed by atoms with Crippen LogP contribution in [0.2, 0.25) is 5.02 Å². The van der Waals surface area contributed by atoms with Crippen molar-refractivity contribution < 1.29 is 19.1 Å². The molecule has 3 amide bonds. The molecule has 0 spiro atoms. The predicted octanol–water partition coefficient (Wildman–Crippen LogP) is 3.20. The van der Waals surface area contributed by atoms with Gasteiger partial charge in [-0.1, -0.05) is 41.9 Å². The molecule has 3 aromatic rings. The smallest absolute Gasteiger partial charge is 0.331 e. The highest BCUT2D eigenvalue weighted by Crippen LogP contribution is 2.26. The van der Waals surface area contributed by atoms with E-state index in [2.05, 4.69) is 10.4 Å². The maximum Gasteiger partial charge on any atom is 0.331 e. The Morgan fingerprint density at radius 3 is 2.48 bits per heavy atom. The van der Waals surface area contributed by atoms with Crippen LogP contribution in [0.1, 0.15) is 5.56 Å². The van der Waals surface area contributed by atoms with Gasteiger partial charge in [-0.05, 0) is 30.3 Å². The number of nitrogens with one attached hydrogen (secondary N) is 2. The molecule has 0 atom stereocenters. The lowest BCUT2D eigenvalue weighted by molar-refractivity contribution is -0.143. The van der Waals surface area contributed by atoms with Gasteiger partial charge in [-0.2, -0.15) is 5.10 Å². The van der Waals surface area contributed by atoms with Crippen molar-refractivity contribution in [2.45, 2.75) is 0 Å². The van der Waals surface area contributed by atoms with Crippen molar-refractivity contribution >= 4 is 35.6 Å². The third kappa shape index (κ3) is 6.03. The SMILES string of the molecule is CNC(=O)NC(=O)COC(=O)/C=C/c1cn(-c2ccccc2)nc1-c1ccc(Cl)cc1. The number of rotatable bonds is 6. The van der Waals surface area contributed by atoms with Crippen LogP contribution in [0, 0.1) is 0 Å². The van der Waals surface area contributed by atoms with Gasteiger partial charge in [-0.3, -0.25) is 10.1 Å². The molecule has 1 heterocycles. The van der Waals surface area contributed by atoms with Gasteiger partial charge in [0.25, 0.3) is 5.91 Å². The van der Waals surface area contributed by atoms with Crippen molar-refractivity contribution in [1.29, 1.82) is 0 Å². The zero-order chi connectivity index (χ0) is 22.2. The first-order chi connectivity index (χ1) is 15.0. The maximum absolute atomic E-state index is 12.0. The van der Waals surface area contributed by atoms with Crippen LogP contribution < -0.4 is 10.6 Å². The van der Waals surface area contributed by atoms with E-state index in [0.717, 1.165) is 11.3 Å². The van der Waals surface area contributed by atoms with Crippen LogP contribution in [0.5, 0.6) is 0 Å². The molecule has 0 aliphatic heterocycles. The number of ether oxygens (including phenoxy) is 1. The fourth-order valence-corrected chi connectivity index (χ4v) is 2.75. The molecule has 2 aromatic carbocycles. The van der Waals surface area contributed by atoms with Gasteiger partial charge in [0.15, 0.2) is 6.61 Å². The van der Waals surface area contributed by atoms with E-state index in [1.54, 1.807) is 29.1 Å². The Labute approximate surface area is 183 Å². The van der Waals surface area contributed by atoms with Crippen LogP contribution in [-0.2, 0) is 14.3 Å². The maximum atomic E-state index is 12.0. The average molecular weight is 439 g/mol. The van der Waals surface area contributed by atoms with Gasteiger partial charge in [0, 0.05) is 35.5 Å². The van der Waals surface area contributed by atoms with Gasteiger partial charge in [-0.15, -0.1) is 0 Å². The van der Waals surface area contributed by atoms with Crippen molar-refractivity contribution in [2.75, 3.05) is 13.7 Å². The van der Waals surface area contributed by atoms with Crippen LogP contribution in [0.15, 0.2) is 66.9 Å². The molecule has 3 rings (SSSR count). The van der Waals surface area contributed by atoms with Gasteiger partial charge in [0.2, 0.25) is 0 Å². The van der Waals surface area contributed by atoms with E-state index in [4.69, 9.17) is 16.3 Å². The minimum Gasteiger partial charge on any atom is -0.452 e. The number of halogens is 1. The Hall–Kier alpha value is -3.91. The number of nitrogens with zero attached hydrogens (tertiary/aromatic N) is 2. The number of hydrogen-bond donors (Lipinski definition) is 2. The van der Waals surface area contributed by atoms with Crippen LogP contribution in [0.4, 0.5) is 4.79 Å². The van der Waals surface area contributed by atoms with E-state index in [0.29, 0.717) is 16.3 Å². The topological polar surface area (TPSA) is 102 Å². The fourth-order valence-electron chi connectivity index (χ4n) is 2.62. The molecule has 158 valence electrons. The number of carbonyl (C=O) groups excluding carboxylic acids is 3. The summed E-state index contributed by atoms with van der Waals surface area (Å²) in [5.74, 6) is -1.47. The lowest BCUT2D eigenvalue weighted by atomic mass is 10.1. The van der Waals surface area contributed by atoms with Gasteiger partial charge >= 0.3 is 12.0 Å². The van der Waals surface area contributed by atoms with Gasteiger partial charge in [0.05, 0.1) is 11.4 Å². The Bertz CT molecular complexity index is 1110. The summed E-state index contributed by atoms with van der Waals surface area (Å²) in [6, 6.07) is 16.0. The van der Waals surface area contributed by atoms with Crippen LogP contribution in [0.3, 0.4) is 0 Å². The lowest BCUT2D eigenvalue weighted by Crippen LogP contribution is -2.39. The monoisotopic (exact) mass is 438 g/mol. The molecular formula is C22H19ClN4O4. The number of carbonyl (C=O) groups is 3. The van der Waals surface area contributed by atoms with Gasteiger partial charge in [0.1, 0.15) is 0 Å². The van der Waals surface area contributed by atoms with Crippen LogP contribution in [0.25, 0.3) is 23.0 Å². The van der Waals surface area contributed by atoms with E-state index < -0.39 is 24.5 Å². The van der Waals surface area contributed by atoms with Gasteiger partial charge in [-0.25, -0.2) is 14.3 Å². The summed E-state index contributed by atoms with van der Waals surface area (Å²) in [6.45, 7) is -0.579. The minimum absolute atomic E-state index is 0.579. The molecule has 0 aliphatic rings. The number of benzene rings is 2. The standard InChI is InChI=1S/C22H19ClN4O4/c1-24-22(30)25-19(28)14-31-20(29)12-9-16-13-27(18-5-3-2-4-6-18)26-21(16)15-7-10-17(23)11-8-15/h2-13H,14H2,1H3,(H2,24,25,28,30)/b12-9+. The summed E-state index contributed by atoms with van der Waals surface area (Å²) < 4.78 is 6.56. The zero-order valence-electron chi connectivity index (χ0n) is 16.5. The molecule has 0 fully saturated rings. The first kappa shape index (κ1) is 21.8. The van der Waals surface area contributed by atoms with Crippen molar-refractivity contribution in [3.63, 3.8) is 0 Å². The van der Waals surface area contributed by atoms with Crippen molar-refractivity contribution in [3.8, 4) is 16.9 Å².